The molecule has 16 nitrogen and oxygen atoms in total. The van der Waals surface area contributed by atoms with Gasteiger partial charge in [0.2, 0.25) is 0 Å². The summed E-state index contributed by atoms with van der Waals surface area (Å²) in [4.78, 5) is 32.3. The molecule has 0 aliphatic carbocycles. The minimum Gasteiger partial charge on any atom is -0.340 e. The van der Waals surface area contributed by atoms with E-state index in [1.165, 1.54) is 28.1 Å². The highest BCUT2D eigenvalue weighted by Gasteiger charge is 1.99. The Kier molecular flexibility index (Phi) is 56.5. The molecule has 0 fully saturated rings. The zero-order valence-corrected chi connectivity index (χ0v) is 60.2. The van der Waals surface area contributed by atoms with Gasteiger partial charge in [0, 0.05) is 120 Å². The fraction of sp³-hybridized carbons (Fsp3) is 0.423. The predicted molar refractivity (Wildman–Crippen MR) is 378 cm³/mol. The Bertz CT molecular complexity index is 2950. The van der Waals surface area contributed by atoms with E-state index in [-0.39, 0.29) is 0 Å². The molecule has 0 N–H and O–H groups in total. The standard InChI is InChI=1S/3C11H12N2.C5H9N3.3C5H8N2.C4H5NS.7C2H6/c1-10-7-13(9-12-10)8-11-5-3-2-4-6-11;1-10-7-12-9-13(10)8-11-5-3-2-4-6-11;1-10-12-7-8-13(10)9-11-5-3-2-4-6-11;1-4-6-5(2)8(3)7-4;1-5-3-7(2)4-6-5;1-5-3-6-4-7(5)2;1-5-6-3-4-7(5)2;1-4-5-2-3-6-4;7*1-2/h2*2-7,9H,8H2,1H3;2-8H,9H2,1H3;1-3H3;3*3-4H,1-2H3;2-3H,1H3;7*1-2H3. The highest BCUT2D eigenvalue weighted by atomic mass is 32.1. The third-order valence-corrected chi connectivity index (χ3v) is 11.5. The lowest BCUT2D eigenvalue weighted by atomic mass is 10.2. The monoisotopic (exact) mass is 1220 g/mol. The van der Waals surface area contributed by atoms with Crippen LogP contribution in [-0.4, -0.2) is 77.1 Å². The summed E-state index contributed by atoms with van der Waals surface area (Å²) in [6.45, 7) is 48.6. The van der Waals surface area contributed by atoms with Gasteiger partial charge in [-0.3, -0.25) is 9.67 Å². The van der Waals surface area contributed by atoms with Crippen LogP contribution in [0.5, 0.6) is 0 Å². The second-order valence-corrected chi connectivity index (χ2v) is 18.3. The number of aryl methyl sites for hydroxylation is 13. The van der Waals surface area contributed by atoms with Crippen molar-refractivity contribution in [2.45, 2.75) is 179 Å². The summed E-state index contributed by atoms with van der Waals surface area (Å²) in [7, 11) is 7.79. The molecule has 486 valence electrons. The zero-order valence-electron chi connectivity index (χ0n) is 59.4. The highest BCUT2D eigenvalue weighted by Crippen LogP contribution is 2.07. The average molecular weight is 1230 g/mol. The van der Waals surface area contributed by atoms with Gasteiger partial charge in [-0.05, 0) is 79.0 Å². The van der Waals surface area contributed by atoms with Gasteiger partial charge in [0.15, 0.2) is 0 Å². The van der Waals surface area contributed by atoms with Crippen LogP contribution in [0.2, 0.25) is 0 Å². The van der Waals surface area contributed by atoms with Gasteiger partial charge in [-0.2, -0.15) is 5.10 Å². The molecular weight excluding hydrogens is 1110 g/mol. The normalized spacial score (nSPS) is 8.76. The lowest BCUT2D eigenvalue weighted by Crippen LogP contribution is -1.99. The molecule has 0 aliphatic rings. The van der Waals surface area contributed by atoms with Gasteiger partial charge in [0.25, 0.3) is 0 Å². The lowest BCUT2D eigenvalue weighted by molar-refractivity contribution is 0.728. The Morgan fingerprint density at radius 2 is 0.852 bits per heavy atom. The molecule has 88 heavy (non-hydrogen) atoms. The van der Waals surface area contributed by atoms with Crippen LogP contribution in [0.4, 0.5) is 0 Å². The van der Waals surface area contributed by atoms with Crippen molar-refractivity contribution in [3.05, 3.63) is 245 Å². The van der Waals surface area contributed by atoms with Crippen LogP contribution in [0.15, 0.2) is 177 Å². The molecule has 17 heteroatoms. The largest absolute Gasteiger partial charge is 0.340 e. The molecule has 0 amide bonds. The predicted octanol–water partition coefficient (Wildman–Crippen LogP) is 18.0. The van der Waals surface area contributed by atoms with Crippen LogP contribution in [0.3, 0.4) is 0 Å². The van der Waals surface area contributed by atoms with Gasteiger partial charge in [-0.15, -0.1) is 11.3 Å². The average Bonchev–Trinajstić information content (AvgIpc) is 4.67. The first-order valence-electron chi connectivity index (χ1n) is 31.1. The fourth-order valence-corrected chi connectivity index (χ4v) is 6.80. The quantitative estimate of drug-likeness (QED) is 0.158. The molecule has 8 aromatic heterocycles. The van der Waals surface area contributed by atoms with E-state index in [9.17, 15) is 0 Å². The summed E-state index contributed by atoms with van der Waals surface area (Å²) in [6, 6.07) is 31.2. The van der Waals surface area contributed by atoms with Crippen molar-refractivity contribution in [1.29, 1.82) is 0 Å². The number of hydrogen-bond donors (Lipinski definition) is 0. The van der Waals surface area contributed by atoms with Crippen LogP contribution >= 0.6 is 11.3 Å². The summed E-state index contributed by atoms with van der Waals surface area (Å²) >= 11 is 1.67. The molecule has 0 aliphatic heterocycles. The molecule has 0 radical (unpaired) electrons. The fourth-order valence-electron chi connectivity index (χ4n) is 6.36. The summed E-state index contributed by atoms with van der Waals surface area (Å²) in [5.41, 5.74) is 8.45. The maximum absolute atomic E-state index is 4.18. The molecule has 0 saturated heterocycles. The van der Waals surface area contributed by atoms with Crippen molar-refractivity contribution in [1.82, 2.24) is 77.1 Å². The van der Waals surface area contributed by atoms with Crippen molar-refractivity contribution in [2.75, 3.05) is 0 Å². The SMILES string of the molecule is CC.CC.CC.CC.CC.CC.CC.Cc1cn(C)cn1.Cc1cn(Cc2ccccc2)cn1.Cc1cncn1C.Cc1cncn1Cc1ccccc1.Cc1nc(C)n(C)n1.Cc1nccn1C.Cc1nccn1Cc1ccccc1.Cc1nccs1. The van der Waals surface area contributed by atoms with Crippen LogP contribution in [-0.2, 0) is 47.8 Å². The third-order valence-electron chi connectivity index (χ3n) is 10.8. The first-order chi connectivity index (χ1) is 42.6. The summed E-state index contributed by atoms with van der Waals surface area (Å²) < 4.78 is 14.0. The lowest BCUT2D eigenvalue weighted by Gasteiger charge is -2.04. The van der Waals surface area contributed by atoms with Crippen LogP contribution < -0.4 is 0 Å². The smallest absolute Gasteiger partial charge is 0.147 e. The zero-order chi connectivity index (χ0) is 67.7. The van der Waals surface area contributed by atoms with Crippen molar-refractivity contribution in [3.8, 4) is 0 Å². The number of rotatable bonds is 6. The second kappa shape index (κ2) is 57.7. The van der Waals surface area contributed by atoms with Gasteiger partial charge in [0.05, 0.1) is 41.7 Å². The molecular formula is C71H116N16S. The van der Waals surface area contributed by atoms with Gasteiger partial charge >= 0.3 is 0 Å². The van der Waals surface area contributed by atoms with E-state index in [4.69, 9.17) is 0 Å². The third kappa shape index (κ3) is 41.7. The molecule has 3 aromatic carbocycles. The second-order valence-electron chi connectivity index (χ2n) is 17.2. The highest BCUT2D eigenvalue weighted by molar-refractivity contribution is 7.09. The Balaban J connectivity index is -0.000000451. The number of thiazole rings is 1. The van der Waals surface area contributed by atoms with Crippen LogP contribution in [0, 0.1) is 62.3 Å². The van der Waals surface area contributed by atoms with Gasteiger partial charge in [-0.1, -0.05) is 188 Å². The van der Waals surface area contributed by atoms with E-state index in [1.807, 2.05) is 274 Å². The molecule has 11 aromatic rings. The summed E-state index contributed by atoms with van der Waals surface area (Å²) in [6.07, 6.45) is 24.4. The maximum Gasteiger partial charge on any atom is 0.147 e. The van der Waals surface area contributed by atoms with E-state index < -0.39 is 0 Å². The van der Waals surface area contributed by atoms with Crippen molar-refractivity contribution in [3.63, 3.8) is 0 Å². The number of imidazole rings is 6. The van der Waals surface area contributed by atoms with Crippen molar-refractivity contribution in [2.24, 2.45) is 28.2 Å². The molecule has 0 bridgehead atoms. The maximum atomic E-state index is 4.18. The Hall–Kier alpha value is -8.31. The van der Waals surface area contributed by atoms with E-state index >= 15 is 0 Å². The van der Waals surface area contributed by atoms with E-state index in [0.29, 0.717) is 0 Å². The number of benzene rings is 3. The summed E-state index contributed by atoms with van der Waals surface area (Å²) in [5.74, 6) is 3.91. The molecule has 8 heterocycles. The molecule has 11 rings (SSSR count). The number of aromatic nitrogens is 16. The van der Waals surface area contributed by atoms with Crippen molar-refractivity contribution < 1.29 is 0 Å². The Labute approximate surface area is 538 Å². The van der Waals surface area contributed by atoms with Gasteiger partial charge in [-0.25, -0.2) is 34.9 Å². The molecule has 0 saturated carbocycles. The van der Waals surface area contributed by atoms with Crippen LogP contribution in [0.25, 0.3) is 0 Å². The van der Waals surface area contributed by atoms with E-state index in [0.717, 1.165) is 59.3 Å². The summed E-state index contributed by atoms with van der Waals surface area (Å²) in [5, 5.41) is 7.12. The van der Waals surface area contributed by atoms with E-state index in [2.05, 4.69) is 138 Å². The minimum atomic E-state index is 0.838. The first-order valence-corrected chi connectivity index (χ1v) is 32.0. The van der Waals surface area contributed by atoms with E-state index in [1.54, 1.807) is 41.1 Å². The topological polar surface area (TPSA) is 151 Å². The Morgan fingerprint density at radius 1 is 0.398 bits per heavy atom. The van der Waals surface area contributed by atoms with Crippen LogP contribution in [0.1, 0.15) is 165 Å². The molecule has 0 atom stereocenters. The number of hydrogen-bond acceptors (Lipinski definition) is 10. The van der Waals surface area contributed by atoms with Gasteiger partial charge in [0.1, 0.15) is 23.3 Å². The first kappa shape index (κ1) is 86.1. The van der Waals surface area contributed by atoms with Crippen molar-refractivity contribution >= 4 is 11.3 Å². The number of nitrogens with zero attached hydrogens (tertiary/aromatic N) is 16. The minimum absolute atomic E-state index is 0.838. The molecule has 0 unspecified atom stereocenters. The van der Waals surface area contributed by atoms with Gasteiger partial charge < -0.3 is 27.4 Å². The molecule has 0 spiro atoms. The Morgan fingerprint density at radius 3 is 1.10 bits per heavy atom.